The van der Waals surface area contributed by atoms with E-state index >= 15 is 0 Å². The van der Waals surface area contributed by atoms with Gasteiger partial charge in [0.15, 0.2) is 0 Å². The van der Waals surface area contributed by atoms with E-state index in [9.17, 15) is 4.79 Å². The molecule has 0 radical (unpaired) electrons. The number of hydrogen-bond acceptors (Lipinski definition) is 3. The smallest absolute Gasteiger partial charge is 0.241 e. The molecule has 1 saturated heterocycles. The Morgan fingerprint density at radius 3 is 2.33 bits per heavy atom. The van der Waals surface area contributed by atoms with Crippen molar-refractivity contribution in [3.63, 3.8) is 0 Å². The number of nitrogens with zero attached hydrogens (tertiary/aromatic N) is 2. The number of carbonyl (C=O) groups is 1. The van der Waals surface area contributed by atoms with Gasteiger partial charge in [-0.15, -0.1) is 0 Å². The fourth-order valence-electron chi connectivity index (χ4n) is 1.33. The molecule has 0 bridgehead atoms. The van der Waals surface area contributed by atoms with Crippen molar-refractivity contribution < 1.29 is 4.79 Å². The Bertz CT molecular complexity index is 186. The van der Waals surface area contributed by atoms with Crippen LogP contribution in [0.25, 0.3) is 0 Å². The molecule has 4 heteroatoms. The van der Waals surface area contributed by atoms with Gasteiger partial charge < -0.3 is 15.1 Å². The summed E-state index contributed by atoms with van der Waals surface area (Å²) in [5.74, 6) is 0.160. The third-order valence-corrected chi connectivity index (χ3v) is 2.25. The molecule has 1 heterocycles. The summed E-state index contributed by atoms with van der Waals surface area (Å²) in [4.78, 5) is 15.6. The molecule has 0 saturated carbocycles. The van der Waals surface area contributed by atoms with Crippen LogP contribution in [-0.2, 0) is 4.79 Å². The Kier molecular flexibility index (Phi) is 7.72. The fraction of sp³-hybridized carbons (Fsp3) is 0.727. The molecule has 0 atom stereocenters. The van der Waals surface area contributed by atoms with Crippen molar-refractivity contribution in [2.45, 2.75) is 13.8 Å². The summed E-state index contributed by atoms with van der Waals surface area (Å²) >= 11 is 0. The van der Waals surface area contributed by atoms with Crippen molar-refractivity contribution in [1.82, 2.24) is 15.1 Å². The van der Waals surface area contributed by atoms with Gasteiger partial charge in [0.1, 0.15) is 0 Å². The predicted molar refractivity (Wildman–Crippen MR) is 63.6 cm³/mol. The maximum absolute atomic E-state index is 11.5. The van der Waals surface area contributed by atoms with Gasteiger partial charge in [0, 0.05) is 26.2 Å². The van der Waals surface area contributed by atoms with Crippen molar-refractivity contribution in [2.75, 3.05) is 39.8 Å². The van der Waals surface area contributed by atoms with Crippen LogP contribution in [0.5, 0.6) is 0 Å². The second-order valence-electron chi connectivity index (χ2n) is 3.27. The van der Waals surface area contributed by atoms with E-state index < -0.39 is 0 Å². The lowest BCUT2D eigenvalue weighted by Gasteiger charge is -2.32. The lowest BCUT2D eigenvalue weighted by atomic mass is 10.3. The first-order valence-electron chi connectivity index (χ1n) is 5.54. The highest BCUT2D eigenvalue weighted by atomic mass is 16.2. The summed E-state index contributed by atoms with van der Waals surface area (Å²) in [5.41, 5.74) is 0. The molecular formula is C11H23N3O. The molecule has 0 unspecified atom stereocenters. The monoisotopic (exact) mass is 213 g/mol. The molecular weight excluding hydrogens is 190 g/mol. The van der Waals surface area contributed by atoms with E-state index in [-0.39, 0.29) is 5.91 Å². The minimum Gasteiger partial charge on any atom is -0.383 e. The van der Waals surface area contributed by atoms with Gasteiger partial charge in [0.2, 0.25) is 5.91 Å². The number of carbonyl (C=O) groups excluding carboxylic acids is 1. The molecule has 1 amide bonds. The van der Waals surface area contributed by atoms with E-state index in [4.69, 9.17) is 0 Å². The molecule has 4 nitrogen and oxygen atoms in total. The molecule has 1 fully saturated rings. The van der Waals surface area contributed by atoms with Gasteiger partial charge in [-0.3, -0.25) is 4.79 Å². The summed E-state index contributed by atoms with van der Waals surface area (Å²) in [5, 5.41) is 2.82. The number of hydrogen-bond donors (Lipinski definition) is 1. The minimum absolute atomic E-state index is 0.160. The third-order valence-electron chi connectivity index (χ3n) is 2.25. The number of amides is 1. The van der Waals surface area contributed by atoms with E-state index in [0.29, 0.717) is 6.54 Å². The van der Waals surface area contributed by atoms with Crippen molar-refractivity contribution in [3.8, 4) is 0 Å². The maximum Gasteiger partial charge on any atom is 0.241 e. The first kappa shape index (κ1) is 14.0. The number of rotatable bonds is 3. The molecule has 1 N–H and O–H groups in total. The van der Waals surface area contributed by atoms with Crippen LogP contribution in [0, 0.1) is 0 Å². The van der Waals surface area contributed by atoms with Crippen LogP contribution in [0.4, 0.5) is 0 Å². The van der Waals surface area contributed by atoms with Crippen molar-refractivity contribution in [3.05, 3.63) is 12.8 Å². The Morgan fingerprint density at radius 1 is 1.33 bits per heavy atom. The van der Waals surface area contributed by atoms with E-state index in [0.717, 1.165) is 26.2 Å². The van der Waals surface area contributed by atoms with Gasteiger partial charge in [0.05, 0.1) is 6.54 Å². The molecule has 88 valence electrons. The van der Waals surface area contributed by atoms with Crippen molar-refractivity contribution in [2.24, 2.45) is 0 Å². The van der Waals surface area contributed by atoms with Crippen LogP contribution in [0.2, 0.25) is 0 Å². The molecule has 0 aromatic heterocycles. The van der Waals surface area contributed by atoms with Crippen LogP contribution < -0.4 is 5.32 Å². The van der Waals surface area contributed by atoms with Crippen LogP contribution in [0.15, 0.2) is 12.8 Å². The Balaban J connectivity index is 0.000000921. The normalized spacial score (nSPS) is 16.3. The lowest BCUT2D eigenvalue weighted by molar-refractivity contribution is -0.131. The van der Waals surface area contributed by atoms with Gasteiger partial charge in [-0.25, -0.2) is 0 Å². The van der Waals surface area contributed by atoms with Crippen molar-refractivity contribution in [1.29, 1.82) is 0 Å². The average Bonchev–Trinajstić information content (AvgIpc) is 2.29. The zero-order valence-corrected chi connectivity index (χ0v) is 10.1. The van der Waals surface area contributed by atoms with E-state index in [1.807, 2.05) is 18.7 Å². The Hall–Kier alpha value is -1.03. The van der Waals surface area contributed by atoms with Crippen molar-refractivity contribution >= 4 is 5.91 Å². The van der Waals surface area contributed by atoms with E-state index in [1.165, 1.54) is 0 Å². The second kappa shape index (κ2) is 8.29. The average molecular weight is 213 g/mol. The van der Waals surface area contributed by atoms with Gasteiger partial charge in [-0.2, -0.15) is 0 Å². The highest BCUT2D eigenvalue weighted by molar-refractivity contribution is 5.78. The molecule has 1 aliphatic rings. The zero-order valence-electron chi connectivity index (χ0n) is 10.1. The maximum atomic E-state index is 11.5. The molecule has 1 aliphatic heterocycles. The summed E-state index contributed by atoms with van der Waals surface area (Å²) < 4.78 is 0. The third kappa shape index (κ3) is 5.42. The van der Waals surface area contributed by atoms with Crippen LogP contribution in [0.3, 0.4) is 0 Å². The number of likely N-dealkylation sites (N-methyl/N-ethyl adjacent to an activating group) is 1. The predicted octanol–water partition coefficient (Wildman–Crippen LogP) is 0.520. The second-order valence-corrected chi connectivity index (χ2v) is 3.27. The van der Waals surface area contributed by atoms with Gasteiger partial charge in [-0.1, -0.05) is 20.4 Å². The highest BCUT2D eigenvalue weighted by Gasteiger charge is 2.17. The minimum atomic E-state index is 0.160. The molecule has 0 aliphatic carbocycles. The molecule has 1 rings (SSSR count). The van der Waals surface area contributed by atoms with Crippen LogP contribution >= 0.6 is 0 Å². The summed E-state index contributed by atoms with van der Waals surface area (Å²) in [7, 11) is 2.07. The fourth-order valence-corrected chi connectivity index (χ4v) is 1.33. The quantitative estimate of drug-likeness (QED) is 0.742. The lowest BCUT2D eigenvalue weighted by Crippen LogP contribution is -2.49. The molecule has 0 aromatic carbocycles. The van der Waals surface area contributed by atoms with Crippen LogP contribution in [-0.4, -0.2) is 55.5 Å². The van der Waals surface area contributed by atoms with Gasteiger partial charge in [-0.05, 0) is 13.2 Å². The zero-order chi connectivity index (χ0) is 11.7. The number of nitrogens with one attached hydrogen (secondary N) is 1. The largest absolute Gasteiger partial charge is 0.383 e. The SMILES string of the molecule is C=CNCC(=O)N1CCN(C)CC1.CC. The Labute approximate surface area is 92.9 Å². The van der Waals surface area contributed by atoms with E-state index in [2.05, 4.69) is 23.8 Å². The highest BCUT2D eigenvalue weighted by Crippen LogP contribution is 1.98. The van der Waals surface area contributed by atoms with Gasteiger partial charge >= 0.3 is 0 Å². The topological polar surface area (TPSA) is 35.6 Å². The Morgan fingerprint density at radius 2 is 1.87 bits per heavy atom. The molecule has 15 heavy (non-hydrogen) atoms. The first-order chi connectivity index (χ1) is 7.24. The molecule has 0 aromatic rings. The summed E-state index contributed by atoms with van der Waals surface area (Å²) in [6.07, 6.45) is 1.55. The molecule has 0 spiro atoms. The first-order valence-corrected chi connectivity index (χ1v) is 5.54. The standard InChI is InChI=1S/C9H17N3O.C2H6/c1-3-10-8-9(13)12-6-4-11(2)5-7-12;1-2/h3,10H,1,4-8H2,2H3;1-2H3. The summed E-state index contributed by atoms with van der Waals surface area (Å²) in [6, 6.07) is 0. The van der Waals surface area contributed by atoms with Gasteiger partial charge in [0.25, 0.3) is 0 Å². The van der Waals surface area contributed by atoms with E-state index in [1.54, 1.807) is 6.20 Å². The van der Waals surface area contributed by atoms with Crippen LogP contribution in [0.1, 0.15) is 13.8 Å². The summed E-state index contributed by atoms with van der Waals surface area (Å²) in [6.45, 7) is 11.5. The number of piperazine rings is 1.